The minimum atomic E-state index is -0.323. The standard InChI is InChI=1S/C14H16N2O2S/c1-4-18-14(17)12-10(5-6-15)11-8(2)7-9(3)16-13(11)19-12/h5-7H,4,15H2,1-3H3/b6-5+. The van der Waals surface area contributed by atoms with Crippen molar-refractivity contribution in [3.8, 4) is 0 Å². The Balaban J connectivity index is 2.74. The molecule has 100 valence electrons. The first-order valence-corrected chi connectivity index (χ1v) is 6.86. The number of esters is 1. The molecular formula is C14H16N2O2S. The largest absolute Gasteiger partial charge is 0.462 e. The lowest BCUT2D eigenvalue weighted by Gasteiger charge is -2.02. The number of pyridine rings is 1. The summed E-state index contributed by atoms with van der Waals surface area (Å²) < 4.78 is 5.08. The predicted molar refractivity (Wildman–Crippen MR) is 78.3 cm³/mol. The molecule has 2 N–H and O–H groups in total. The molecule has 0 unspecified atom stereocenters. The fourth-order valence-electron chi connectivity index (χ4n) is 2.07. The Bertz CT molecular complexity index is 659. The van der Waals surface area contributed by atoms with Gasteiger partial charge in [-0.25, -0.2) is 9.78 Å². The molecule has 0 saturated carbocycles. The van der Waals surface area contributed by atoms with E-state index in [0.717, 1.165) is 27.0 Å². The molecule has 0 aliphatic rings. The molecule has 0 radical (unpaired) electrons. The topological polar surface area (TPSA) is 65.2 Å². The van der Waals surface area contributed by atoms with E-state index in [-0.39, 0.29) is 5.97 Å². The molecule has 4 nitrogen and oxygen atoms in total. The second-order valence-electron chi connectivity index (χ2n) is 4.19. The van der Waals surface area contributed by atoms with Crippen molar-refractivity contribution >= 4 is 33.6 Å². The molecule has 2 heterocycles. The summed E-state index contributed by atoms with van der Waals surface area (Å²) in [6.45, 7) is 6.09. The fourth-order valence-corrected chi connectivity index (χ4v) is 3.25. The molecular weight excluding hydrogens is 260 g/mol. The smallest absolute Gasteiger partial charge is 0.349 e. The van der Waals surface area contributed by atoms with Crippen LogP contribution in [-0.2, 0) is 4.74 Å². The normalized spacial score (nSPS) is 11.3. The molecule has 0 amide bonds. The highest BCUT2D eigenvalue weighted by atomic mass is 32.1. The summed E-state index contributed by atoms with van der Waals surface area (Å²) in [5, 5.41) is 0.973. The van der Waals surface area contributed by atoms with Gasteiger partial charge in [-0.15, -0.1) is 11.3 Å². The van der Waals surface area contributed by atoms with Crippen LogP contribution in [0.3, 0.4) is 0 Å². The Labute approximate surface area is 115 Å². The third kappa shape index (κ3) is 2.46. The van der Waals surface area contributed by atoms with Gasteiger partial charge in [-0.1, -0.05) is 0 Å². The van der Waals surface area contributed by atoms with Gasteiger partial charge in [0.25, 0.3) is 0 Å². The molecule has 0 aromatic carbocycles. The Morgan fingerprint density at radius 3 is 2.89 bits per heavy atom. The number of thiophene rings is 1. The molecule has 0 atom stereocenters. The van der Waals surface area contributed by atoms with Crippen molar-refractivity contribution in [1.82, 2.24) is 4.98 Å². The summed E-state index contributed by atoms with van der Waals surface area (Å²) in [5.74, 6) is -0.323. The summed E-state index contributed by atoms with van der Waals surface area (Å²) in [5.41, 5.74) is 8.30. The minimum Gasteiger partial charge on any atom is -0.462 e. The summed E-state index contributed by atoms with van der Waals surface area (Å²) in [6, 6.07) is 2.00. The van der Waals surface area contributed by atoms with Crippen molar-refractivity contribution in [2.75, 3.05) is 6.61 Å². The zero-order valence-corrected chi connectivity index (χ0v) is 12.0. The van der Waals surface area contributed by atoms with Crippen LogP contribution >= 0.6 is 11.3 Å². The van der Waals surface area contributed by atoms with Crippen molar-refractivity contribution in [1.29, 1.82) is 0 Å². The zero-order chi connectivity index (χ0) is 14.0. The van der Waals surface area contributed by atoms with E-state index in [4.69, 9.17) is 10.5 Å². The first kappa shape index (κ1) is 13.5. The molecule has 0 aliphatic carbocycles. The molecule has 0 spiro atoms. The molecule has 0 bridgehead atoms. The average Bonchev–Trinajstić information content (AvgIpc) is 2.69. The Kier molecular flexibility index (Phi) is 3.85. The van der Waals surface area contributed by atoms with Gasteiger partial charge in [-0.3, -0.25) is 0 Å². The van der Waals surface area contributed by atoms with Crippen molar-refractivity contribution in [2.24, 2.45) is 5.73 Å². The summed E-state index contributed by atoms with van der Waals surface area (Å²) >= 11 is 1.35. The fraction of sp³-hybridized carbons (Fsp3) is 0.286. The number of fused-ring (bicyclic) bond motifs is 1. The third-order valence-electron chi connectivity index (χ3n) is 2.75. The average molecular weight is 276 g/mol. The van der Waals surface area contributed by atoms with E-state index in [1.807, 2.05) is 19.9 Å². The highest BCUT2D eigenvalue weighted by Crippen LogP contribution is 2.34. The number of carbonyl (C=O) groups excluding carboxylic acids is 1. The third-order valence-corrected chi connectivity index (χ3v) is 3.83. The Morgan fingerprint density at radius 2 is 2.26 bits per heavy atom. The molecule has 0 fully saturated rings. The molecule has 0 saturated heterocycles. The van der Waals surface area contributed by atoms with Gasteiger partial charge in [0.05, 0.1) is 6.61 Å². The van der Waals surface area contributed by atoms with Gasteiger partial charge >= 0.3 is 5.97 Å². The lowest BCUT2D eigenvalue weighted by molar-refractivity contribution is 0.0532. The van der Waals surface area contributed by atoms with Gasteiger partial charge in [0, 0.05) is 16.6 Å². The van der Waals surface area contributed by atoms with Gasteiger partial charge in [0.2, 0.25) is 0 Å². The second kappa shape index (κ2) is 5.40. The maximum absolute atomic E-state index is 12.0. The van der Waals surface area contributed by atoms with E-state index in [1.54, 1.807) is 13.0 Å². The van der Waals surface area contributed by atoms with Crippen LogP contribution in [-0.4, -0.2) is 17.6 Å². The minimum absolute atomic E-state index is 0.323. The van der Waals surface area contributed by atoms with E-state index in [9.17, 15) is 4.79 Å². The van der Waals surface area contributed by atoms with Crippen molar-refractivity contribution in [3.05, 3.63) is 34.0 Å². The summed E-state index contributed by atoms with van der Waals surface area (Å²) in [7, 11) is 0. The van der Waals surface area contributed by atoms with Gasteiger partial charge in [-0.05, 0) is 44.7 Å². The highest BCUT2D eigenvalue weighted by Gasteiger charge is 2.20. The van der Waals surface area contributed by atoms with Crippen LogP contribution in [0.15, 0.2) is 12.3 Å². The first-order valence-electron chi connectivity index (χ1n) is 6.04. The number of nitrogens with zero attached hydrogens (tertiary/aromatic N) is 1. The van der Waals surface area contributed by atoms with Crippen LogP contribution in [0, 0.1) is 13.8 Å². The molecule has 5 heteroatoms. The SMILES string of the molecule is CCOC(=O)c1sc2nc(C)cc(C)c2c1/C=C/N. The summed E-state index contributed by atoms with van der Waals surface area (Å²) in [4.78, 5) is 17.9. The molecule has 0 aliphatic heterocycles. The van der Waals surface area contributed by atoms with E-state index >= 15 is 0 Å². The lowest BCUT2D eigenvalue weighted by Crippen LogP contribution is -2.03. The Hall–Kier alpha value is -1.88. The van der Waals surface area contributed by atoms with Crippen LogP contribution in [0.25, 0.3) is 16.3 Å². The number of aromatic nitrogens is 1. The van der Waals surface area contributed by atoms with Gasteiger partial charge in [0.15, 0.2) is 0 Å². The highest BCUT2D eigenvalue weighted by molar-refractivity contribution is 7.20. The van der Waals surface area contributed by atoms with Gasteiger partial charge in [-0.2, -0.15) is 0 Å². The predicted octanol–water partition coefficient (Wildman–Crippen LogP) is 3.02. The number of ether oxygens (including phenoxy) is 1. The quantitative estimate of drug-likeness (QED) is 0.875. The molecule has 2 aromatic rings. The van der Waals surface area contributed by atoms with E-state index in [1.165, 1.54) is 17.5 Å². The van der Waals surface area contributed by atoms with Crippen molar-refractivity contribution < 1.29 is 9.53 Å². The number of rotatable bonds is 3. The van der Waals surface area contributed by atoms with Crippen molar-refractivity contribution in [2.45, 2.75) is 20.8 Å². The van der Waals surface area contributed by atoms with E-state index in [0.29, 0.717) is 11.5 Å². The molecule has 19 heavy (non-hydrogen) atoms. The zero-order valence-electron chi connectivity index (χ0n) is 11.2. The van der Waals surface area contributed by atoms with Gasteiger partial charge < -0.3 is 10.5 Å². The van der Waals surface area contributed by atoms with Crippen molar-refractivity contribution in [3.63, 3.8) is 0 Å². The molecule has 2 rings (SSSR count). The number of hydrogen-bond donors (Lipinski definition) is 1. The number of nitrogens with two attached hydrogens (primary N) is 1. The number of hydrogen-bond acceptors (Lipinski definition) is 5. The van der Waals surface area contributed by atoms with Crippen LogP contribution in [0.1, 0.15) is 33.4 Å². The number of aryl methyl sites for hydroxylation is 2. The van der Waals surface area contributed by atoms with Crippen LogP contribution in [0.4, 0.5) is 0 Å². The van der Waals surface area contributed by atoms with E-state index in [2.05, 4.69) is 4.98 Å². The molecule has 2 aromatic heterocycles. The monoisotopic (exact) mass is 276 g/mol. The summed E-state index contributed by atoms with van der Waals surface area (Å²) in [6.07, 6.45) is 3.17. The number of carbonyl (C=O) groups is 1. The van der Waals surface area contributed by atoms with E-state index < -0.39 is 0 Å². The maximum atomic E-state index is 12.0. The lowest BCUT2D eigenvalue weighted by atomic mass is 10.1. The van der Waals surface area contributed by atoms with Crippen LogP contribution < -0.4 is 5.73 Å². The Morgan fingerprint density at radius 1 is 1.53 bits per heavy atom. The maximum Gasteiger partial charge on any atom is 0.349 e. The van der Waals surface area contributed by atoms with Crippen LogP contribution in [0.5, 0.6) is 0 Å². The second-order valence-corrected chi connectivity index (χ2v) is 5.18. The first-order chi connectivity index (χ1) is 9.08. The van der Waals surface area contributed by atoms with Gasteiger partial charge in [0.1, 0.15) is 9.71 Å². The van der Waals surface area contributed by atoms with Crippen LogP contribution in [0.2, 0.25) is 0 Å².